The molecule has 1 rings (SSSR count). The van der Waals surface area contributed by atoms with Gasteiger partial charge in [-0.05, 0) is 26.2 Å². The molecule has 5 nitrogen and oxygen atoms in total. The van der Waals surface area contributed by atoms with Gasteiger partial charge in [-0.1, -0.05) is 13.8 Å². The van der Waals surface area contributed by atoms with Crippen LogP contribution in [0.25, 0.3) is 0 Å². The molecule has 1 aromatic heterocycles. The lowest BCUT2D eigenvalue weighted by Crippen LogP contribution is -2.18. The van der Waals surface area contributed by atoms with Gasteiger partial charge in [0, 0.05) is 11.8 Å². The lowest BCUT2D eigenvalue weighted by Gasteiger charge is -2.14. The lowest BCUT2D eigenvalue weighted by atomic mass is 9.96. The smallest absolute Gasteiger partial charge is 0.314 e. The van der Waals surface area contributed by atoms with E-state index in [0.717, 1.165) is 5.69 Å². The maximum Gasteiger partial charge on any atom is 0.314 e. The Balaban J connectivity index is 3.07. The fourth-order valence-corrected chi connectivity index (χ4v) is 1.73. The number of carboxylic acid groups (broad SMARTS) is 1. The maximum absolute atomic E-state index is 11.3. The van der Waals surface area contributed by atoms with Gasteiger partial charge in [0.25, 0.3) is 0 Å². The van der Waals surface area contributed by atoms with Gasteiger partial charge in [-0.15, -0.1) is 0 Å². The van der Waals surface area contributed by atoms with Crippen LogP contribution in [0.15, 0.2) is 6.07 Å². The van der Waals surface area contributed by atoms with Gasteiger partial charge in [-0.2, -0.15) is 4.98 Å². The fraction of sp³-hybridized carbons (Fsp3) is 0.615. The standard InChI is InChI=1S/C13H20N2O3/c1-5-18-11-7-9(4)14-12(15-11)10(13(16)17)6-8(2)3/h7-8,10H,5-6H2,1-4H3,(H,16,17). The highest BCUT2D eigenvalue weighted by Gasteiger charge is 2.24. The minimum absolute atomic E-state index is 0.269. The zero-order valence-corrected chi connectivity index (χ0v) is 11.3. The first kappa shape index (κ1) is 14.4. The largest absolute Gasteiger partial charge is 0.481 e. The van der Waals surface area contributed by atoms with Crippen molar-refractivity contribution in [3.8, 4) is 5.88 Å². The molecule has 0 fully saturated rings. The van der Waals surface area contributed by atoms with Crippen LogP contribution in [-0.4, -0.2) is 27.7 Å². The SMILES string of the molecule is CCOc1cc(C)nc(C(CC(C)C)C(=O)O)n1. The van der Waals surface area contributed by atoms with Crippen LogP contribution < -0.4 is 4.74 Å². The Morgan fingerprint density at radius 2 is 2.11 bits per heavy atom. The first-order chi connectivity index (χ1) is 8.43. The Hall–Kier alpha value is -1.65. The average Bonchev–Trinajstić information content (AvgIpc) is 2.24. The average molecular weight is 252 g/mol. The Bertz CT molecular complexity index is 419. The second-order valence-corrected chi connectivity index (χ2v) is 4.66. The van der Waals surface area contributed by atoms with Crippen LogP contribution >= 0.6 is 0 Å². The molecule has 1 unspecified atom stereocenters. The van der Waals surface area contributed by atoms with Crippen LogP contribution in [0.1, 0.15) is 44.6 Å². The Kier molecular flexibility index (Phi) is 5.07. The molecule has 0 aliphatic carbocycles. The zero-order valence-electron chi connectivity index (χ0n) is 11.3. The van der Waals surface area contributed by atoms with E-state index >= 15 is 0 Å². The summed E-state index contributed by atoms with van der Waals surface area (Å²) in [6.07, 6.45) is 0.518. The van der Waals surface area contributed by atoms with E-state index in [4.69, 9.17) is 4.74 Å². The number of aromatic nitrogens is 2. The summed E-state index contributed by atoms with van der Waals surface area (Å²) in [5.74, 6) is -0.527. The molecule has 0 saturated carbocycles. The molecule has 0 spiro atoms. The van der Waals surface area contributed by atoms with Crippen molar-refractivity contribution in [1.29, 1.82) is 0 Å². The van der Waals surface area contributed by atoms with Crippen molar-refractivity contribution in [2.75, 3.05) is 6.61 Å². The van der Waals surface area contributed by atoms with E-state index in [1.54, 1.807) is 6.07 Å². The zero-order chi connectivity index (χ0) is 13.7. The third-order valence-corrected chi connectivity index (χ3v) is 2.46. The summed E-state index contributed by atoms with van der Waals surface area (Å²) in [4.78, 5) is 19.7. The summed E-state index contributed by atoms with van der Waals surface area (Å²) in [6, 6.07) is 1.71. The monoisotopic (exact) mass is 252 g/mol. The normalized spacial score (nSPS) is 12.5. The Morgan fingerprint density at radius 1 is 1.44 bits per heavy atom. The predicted octanol–water partition coefficient (Wildman–Crippen LogP) is 2.40. The van der Waals surface area contributed by atoms with Crippen LogP contribution in [0.2, 0.25) is 0 Å². The number of hydrogen-bond donors (Lipinski definition) is 1. The summed E-state index contributed by atoms with van der Waals surface area (Å²) in [5, 5.41) is 9.27. The van der Waals surface area contributed by atoms with Crippen molar-refractivity contribution in [1.82, 2.24) is 9.97 Å². The van der Waals surface area contributed by atoms with Gasteiger partial charge in [-0.3, -0.25) is 4.79 Å². The fourth-order valence-electron chi connectivity index (χ4n) is 1.73. The quantitative estimate of drug-likeness (QED) is 0.841. The molecule has 0 bridgehead atoms. The minimum atomic E-state index is -0.892. The van der Waals surface area contributed by atoms with Crippen molar-refractivity contribution >= 4 is 5.97 Å². The molecule has 0 aromatic carbocycles. The molecule has 18 heavy (non-hydrogen) atoms. The molecule has 1 N–H and O–H groups in total. The van der Waals surface area contributed by atoms with Gasteiger partial charge >= 0.3 is 5.97 Å². The highest BCUT2D eigenvalue weighted by molar-refractivity contribution is 5.74. The van der Waals surface area contributed by atoms with Crippen molar-refractivity contribution in [2.24, 2.45) is 5.92 Å². The summed E-state index contributed by atoms with van der Waals surface area (Å²) < 4.78 is 5.32. The number of ether oxygens (including phenoxy) is 1. The molecule has 1 heterocycles. The minimum Gasteiger partial charge on any atom is -0.481 e. The second-order valence-electron chi connectivity index (χ2n) is 4.66. The van der Waals surface area contributed by atoms with E-state index in [-0.39, 0.29) is 5.92 Å². The van der Waals surface area contributed by atoms with Gasteiger partial charge in [0.05, 0.1) is 6.61 Å². The summed E-state index contributed by atoms with van der Waals surface area (Å²) in [5.41, 5.74) is 0.721. The molecule has 0 aliphatic heterocycles. The van der Waals surface area contributed by atoms with E-state index in [1.807, 2.05) is 27.7 Å². The van der Waals surface area contributed by atoms with E-state index in [2.05, 4.69) is 9.97 Å². The van der Waals surface area contributed by atoms with E-state index in [1.165, 1.54) is 0 Å². The highest BCUT2D eigenvalue weighted by atomic mass is 16.5. The first-order valence-electron chi connectivity index (χ1n) is 6.15. The van der Waals surface area contributed by atoms with Crippen molar-refractivity contribution in [2.45, 2.75) is 40.0 Å². The Labute approximate surface area is 107 Å². The lowest BCUT2D eigenvalue weighted by molar-refractivity contribution is -0.139. The predicted molar refractivity (Wildman–Crippen MR) is 67.8 cm³/mol. The summed E-state index contributed by atoms with van der Waals surface area (Å²) in [7, 11) is 0. The molecule has 0 amide bonds. The molecular weight excluding hydrogens is 232 g/mol. The molecule has 5 heteroatoms. The van der Waals surface area contributed by atoms with Gasteiger partial charge in [0.1, 0.15) is 11.7 Å². The van der Waals surface area contributed by atoms with Gasteiger partial charge in [0.2, 0.25) is 5.88 Å². The summed E-state index contributed by atoms with van der Waals surface area (Å²) >= 11 is 0. The van der Waals surface area contributed by atoms with E-state index < -0.39 is 11.9 Å². The van der Waals surface area contributed by atoms with Crippen LogP contribution in [0.3, 0.4) is 0 Å². The third kappa shape index (κ3) is 3.98. The van der Waals surface area contributed by atoms with Gasteiger partial charge in [0.15, 0.2) is 0 Å². The third-order valence-electron chi connectivity index (χ3n) is 2.46. The van der Waals surface area contributed by atoms with Crippen molar-refractivity contribution < 1.29 is 14.6 Å². The molecule has 0 radical (unpaired) electrons. The number of hydrogen-bond acceptors (Lipinski definition) is 4. The number of rotatable bonds is 6. The van der Waals surface area contributed by atoms with Crippen molar-refractivity contribution in [3.05, 3.63) is 17.6 Å². The van der Waals surface area contributed by atoms with Gasteiger partial charge < -0.3 is 9.84 Å². The Morgan fingerprint density at radius 3 is 2.61 bits per heavy atom. The number of nitrogens with zero attached hydrogens (tertiary/aromatic N) is 2. The summed E-state index contributed by atoms with van der Waals surface area (Å²) in [6.45, 7) is 8.13. The molecule has 1 aromatic rings. The number of aliphatic carboxylic acids is 1. The molecule has 100 valence electrons. The van der Waals surface area contributed by atoms with Gasteiger partial charge in [-0.25, -0.2) is 4.98 Å². The highest BCUT2D eigenvalue weighted by Crippen LogP contribution is 2.23. The number of carboxylic acids is 1. The van der Waals surface area contributed by atoms with E-state index in [0.29, 0.717) is 24.7 Å². The second kappa shape index (κ2) is 6.33. The number of carbonyl (C=O) groups is 1. The molecule has 1 atom stereocenters. The molecular formula is C13H20N2O3. The molecule has 0 saturated heterocycles. The van der Waals surface area contributed by atoms with E-state index in [9.17, 15) is 9.90 Å². The maximum atomic E-state index is 11.3. The van der Waals surface area contributed by atoms with Crippen molar-refractivity contribution in [3.63, 3.8) is 0 Å². The van der Waals surface area contributed by atoms with Crippen LogP contribution in [0, 0.1) is 12.8 Å². The topological polar surface area (TPSA) is 72.3 Å². The van der Waals surface area contributed by atoms with Crippen LogP contribution in [-0.2, 0) is 4.79 Å². The van der Waals surface area contributed by atoms with Crippen LogP contribution in [0.5, 0.6) is 5.88 Å². The van der Waals surface area contributed by atoms with Crippen LogP contribution in [0.4, 0.5) is 0 Å². The first-order valence-corrected chi connectivity index (χ1v) is 6.15. The molecule has 0 aliphatic rings. The number of aryl methyl sites for hydroxylation is 1.